The Kier molecular flexibility index (Phi) is 6.30. The summed E-state index contributed by atoms with van der Waals surface area (Å²) < 4.78 is 4.84. The average molecular weight is 244 g/mol. The van der Waals surface area contributed by atoms with Gasteiger partial charge in [0.25, 0.3) is 0 Å². The second kappa shape index (κ2) is 7.54. The van der Waals surface area contributed by atoms with E-state index in [1.165, 1.54) is 6.42 Å². The van der Waals surface area contributed by atoms with E-state index in [1.807, 2.05) is 6.92 Å². The topological polar surface area (TPSA) is 50.7 Å². The number of hydrogen-bond donors (Lipinski definition) is 1. The Morgan fingerprint density at radius 3 is 3.12 bits per heavy atom. The molecule has 5 heteroatoms. The standard InChI is InChI=1S/C11H20N2O2S/c1-3-9-6-8-16-11(13-9)12-7-5-10(14)15-4-2/h9H,3-8H2,1-2H3,(H,12,13). The van der Waals surface area contributed by atoms with Gasteiger partial charge < -0.3 is 10.1 Å². The minimum Gasteiger partial charge on any atom is -0.466 e. The molecule has 0 aromatic rings. The van der Waals surface area contributed by atoms with Crippen molar-refractivity contribution < 1.29 is 9.53 Å². The van der Waals surface area contributed by atoms with Crippen LogP contribution in [0.4, 0.5) is 0 Å². The van der Waals surface area contributed by atoms with Gasteiger partial charge in [0.1, 0.15) is 0 Å². The molecule has 1 heterocycles. The maximum atomic E-state index is 11.1. The van der Waals surface area contributed by atoms with Crippen LogP contribution in [0.1, 0.15) is 33.1 Å². The van der Waals surface area contributed by atoms with Crippen molar-refractivity contribution in [3.05, 3.63) is 0 Å². The average Bonchev–Trinajstić information content (AvgIpc) is 2.30. The predicted octanol–water partition coefficient (Wildman–Crippen LogP) is 1.80. The van der Waals surface area contributed by atoms with E-state index < -0.39 is 0 Å². The molecular weight excluding hydrogens is 224 g/mol. The first kappa shape index (κ1) is 13.4. The summed E-state index contributed by atoms with van der Waals surface area (Å²) >= 11 is 1.73. The number of carbonyl (C=O) groups is 1. The molecule has 16 heavy (non-hydrogen) atoms. The Bertz CT molecular complexity index is 256. The summed E-state index contributed by atoms with van der Waals surface area (Å²) in [6.45, 7) is 4.95. The molecule has 0 radical (unpaired) electrons. The first-order chi connectivity index (χ1) is 7.76. The van der Waals surface area contributed by atoms with Crippen molar-refractivity contribution in [1.29, 1.82) is 0 Å². The zero-order chi connectivity index (χ0) is 11.8. The van der Waals surface area contributed by atoms with Crippen LogP contribution in [0, 0.1) is 0 Å². The lowest BCUT2D eigenvalue weighted by atomic mass is 10.2. The molecule has 0 aromatic carbocycles. The highest BCUT2D eigenvalue weighted by molar-refractivity contribution is 8.13. The molecule has 1 unspecified atom stereocenters. The number of thioether (sulfide) groups is 1. The second-order valence-electron chi connectivity index (χ2n) is 3.63. The van der Waals surface area contributed by atoms with E-state index in [2.05, 4.69) is 17.2 Å². The lowest BCUT2D eigenvalue weighted by Gasteiger charge is -2.24. The normalized spacial score (nSPS) is 22.9. The molecule has 1 rings (SSSR count). The van der Waals surface area contributed by atoms with Crippen molar-refractivity contribution in [2.24, 2.45) is 4.99 Å². The lowest BCUT2D eigenvalue weighted by Crippen LogP contribution is -2.37. The largest absolute Gasteiger partial charge is 0.466 e. The molecule has 1 atom stereocenters. The van der Waals surface area contributed by atoms with E-state index >= 15 is 0 Å². The first-order valence-electron chi connectivity index (χ1n) is 5.85. The fourth-order valence-corrected chi connectivity index (χ4v) is 2.49. The molecule has 1 aliphatic rings. The Morgan fingerprint density at radius 1 is 1.62 bits per heavy atom. The van der Waals surface area contributed by atoms with Crippen molar-refractivity contribution in [1.82, 2.24) is 5.32 Å². The van der Waals surface area contributed by atoms with Crippen LogP contribution < -0.4 is 5.32 Å². The first-order valence-corrected chi connectivity index (χ1v) is 6.84. The summed E-state index contributed by atoms with van der Waals surface area (Å²) in [6, 6.07) is 0.544. The van der Waals surface area contributed by atoms with Gasteiger partial charge in [0.05, 0.1) is 19.6 Å². The van der Waals surface area contributed by atoms with Crippen LogP contribution >= 0.6 is 11.8 Å². The third kappa shape index (κ3) is 4.88. The zero-order valence-corrected chi connectivity index (χ0v) is 10.8. The van der Waals surface area contributed by atoms with E-state index in [4.69, 9.17) is 4.74 Å². The van der Waals surface area contributed by atoms with Crippen LogP contribution in [0.5, 0.6) is 0 Å². The number of amidine groups is 1. The van der Waals surface area contributed by atoms with Gasteiger partial charge in [-0.15, -0.1) is 0 Å². The lowest BCUT2D eigenvalue weighted by molar-refractivity contribution is -0.142. The van der Waals surface area contributed by atoms with E-state index in [0.717, 1.165) is 17.3 Å². The molecule has 0 bridgehead atoms. The van der Waals surface area contributed by atoms with Crippen molar-refractivity contribution in [3.63, 3.8) is 0 Å². The number of nitrogens with one attached hydrogen (secondary N) is 1. The molecule has 1 saturated heterocycles. The van der Waals surface area contributed by atoms with Crippen molar-refractivity contribution >= 4 is 22.9 Å². The van der Waals surface area contributed by atoms with Crippen molar-refractivity contribution in [2.75, 3.05) is 18.9 Å². The Labute approximate surface area is 101 Å². The van der Waals surface area contributed by atoms with Crippen LogP contribution in [0.2, 0.25) is 0 Å². The Balaban J connectivity index is 2.25. The van der Waals surface area contributed by atoms with Gasteiger partial charge in [0.15, 0.2) is 5.17 Å². The molecule has 0 spiro atoms. The summed E-state index contributed by atoms with van der Waals surface area (Å²) in [4.78, 5) is 15.5. The minimum absolute atomic E-state index is 0.167. The molecule has 0 saturated carbocycles. The molecule has 4 nitrogen and oxygen atoms in total. The molecular formula is C11H20N2O2S. The van der Waals surface area contributed by atoms with E-state index in [-0.39, 0.29) is 5.97 Å². The molecule has 92 valence electrons. The van der Waals surface area contributed by atoms with Crippen molar-refractivity contribution in [3.8, 4) is 0 Å². The maximum Gasteiger partial charge on any atom is 0.307 e. The fraction of sp³-hybridized carbons (Fsp3) is 0.818. The summed E-state index contributed by atoms with van der Waals surface area (Å²) in [5.41, 5.74) is 0. The number of hydrogen-bond acceptors (Lipinski definition) is 4. The van der Waals surface area contributed by atoms with Gasteiger partial charge in [0, 0.05) is 11.8 Å². The van der Waals surface area contributed by atoms with Gasteiger partial charge in [-0.3, -0.25) is 9.79 Å². The number of carbonyl (C=O) groups excluding carboxylic acids is 1. The Hall–Kier alpha value is -0.710. The molecule has 1 aliphatic heterocycles. The number of rotatable bonds is 5. The van der Waals surface area contributed by atoms with Gasteiger partial charge in [0.2, 0.25) is 0 Å². The van der Waals surface area contributed by atoms with Gasteiger partial charge in [-0.05, 0) is 19.8 Å². The van der Waals surface area contributed by atoms with Crippen molar-refractivity contribution in [2.45, 2.75) is 39.2 Å². The van der Waals surface area contributed by atoms with Gasteiger partial charge >= 0.3 is 5.97 Å². The highest BCUT2D eigenvalue weighted by atomic mass is 32.2. The van der Waals surface area contributed by atoms with Crippen LogP contribution in [0.15, 0.2) is 4.99 Å². The number of aliphatic imine (C=N–C) groups is 1. The van der Waals surface area contributed by atoms with E-state index in [9.17, 15) is 4.79 Å². The number of esters is 1. The highest BCUT2D eigenvalue weighted by Crippen LogP contribution is 2.15. The second-order valence-corrected chi connectivity index (χ2v) is 4.71. The highest BCUT2D eigenvalue weighted by Gasteiger charge is 2.15. The smallest absolute Gasteiger partial charge is 0.307 e. The van der Waals surface area contributed by atoms with Gasteiger partial charge in [-0.25, -0.2) is 0 Å². The van der Waals surface area contributed by atoms with Crippen LogP contribution in [-0.4, -0.2) is 36.1 Å². The molecule has 0 amide bonds. The quantitative estimate of drug-likeness (QED) is 0.749. The van der Waals surface area contributed by atoms with Crippen LogP contribution in [0.3, 0.4) is 0 Å². The number of ether oxygens (including phenoxy) is 1. The maximum absolute atomic E-state index is 11.1. The summed E-state index contributed by atoms with van der Waals surface area (Å²) in [5.74, 6) is 0.948. The Morgan fingerprint density at radius 2 is 2.44 bits per heavy atom. The minimum atomic E-state index is -0.167. The number of nitrogens with zero attached hydrogens (tertiary/aromatic N) is 1. The molecule has 1 N–H and O–H groups in total. The summed E-state index contributed by atoms with van der Waals surface area (Å²) in [6.07, 6.45) is 2.69. The summed E-state index contributed by atoms with van der Waals surface area (Å²) in [7, 11) is 0. The molecule has 0 aromatic heterocycles. The SMILES string of the molecule is CCOC(=O)CCN=C1NC(CC)CCS1. The van der Waals surface area contributed by atoms with Crippen LogP contribution in [-0.2, 0) is 9.53 Å². The van der Waals surface area contributed by atoms with Gasteiger partial charge in [-0.2, -0.15) is 0 Å². The molecule has 1 fully saturated rings. The van der Waals surface area contributed by atoms with E-state index in [1.54, 1.807) is 11.8 Å². The van der Waals surface area contributed by atoms with Crippen LogP contribution in [0.25, 0.3) is 0 Å². The zero-order valence-electron chi connectivity index (χ0n) is 9.99. The molecule has 0 aliphatic carbocycles. The fourth-order valence-electron chi connectivity index (χ4n) is 1.47. The van der Waals surface area contributed by atoms with E-state index in [0.29, 0.717) is 25.6 Å². The summed E-state index contributed by atoms with van der Waals surface area (Å²) in [5, 5.41) is 4.34. The van der Waals surface area contributed by atoms with Gasteiger partial charge in [-0.1, -0.05) is 18.7 Å². The predicted molar refractivity (Wildman–Crippen MR) is 67.8 cm³/mol. The third-order valence-electron chi connectivity index (χ3n) is 2.40. The monoisotopic (exact) mass is 244 g/mol. The third-order valence-corrected chi connectivity index (χ3v) is 3.36.